The summed E-state index contributed by atoms with van der Waals surface area (Å²) in [6, 6.07) is 26.6. The molecule has 1 unspecified atom stereocenters. The van der Waals surface area contributed by atoms with Crippen LogP contribution in [0.25, 0.3) is 0 Å². The molecule has 1 saturated heterocycles. The number of anilines is 3. The van der Waals surface area contributed by atoms with Gasteiger partial charge in [-0.25, -0.2) is 8.42 Å². The second-order valence-electron chi connectivity index (χ2n) is 7.52. The number of sulfone groups is 1. The molecule has 5 nitrogen and oxygen atoms in total. The number of amides is 1. The van der Waals surface area contributed by atoms with E-state index in [2.05, 4.69) is 5.32 Å². The molecule has 0 saturated carbocycles. The van der Waals surface area contributed by atoms with Gasteiger partial charge in [-0.3, -0.25) is 4.79 Å². The minimum Gasteiger partial charge on any atom is -0.356 e. The van der Waals surface area contributed by atoms with Crippen LogP contribution < -0.4 is 10.2 Å². The average molecular weight is 421 g/mol. The van der Waals surface area contributed by atoms with Gasteiger partial charge < -0.3 is 10.2 Å². The van der Waals surface area contributed by atoms with Crippen molar-refractivity contribution in [2.75, 3.05) is 21.7 Å². The van der Waals surface area contributed by atoms with Gasteiger partial charge in [0, 0.05) is 17.1 Å². The van der Waals surface area contributed by atoms with E-state index in [1.807, 2.05) is 84.9 Å². The lowest BCUT2D eigenvalue weighted by atomic mass is 10.1. The van der Waals surface area contributed by atoms with Crippen LogP contribution in [0.5, 0.6) is 0 Å². The number of hydrogen-bond acceptors (Lipinski definition) is 4. The highest BCUT2D eigenvalue weighted by Crippen LogP contribution is 2.27. The number of rotatable bonds is 6. The molecule has 0 spiro atoms. The van der Waals surface area contributed by atoms with Gasteiger partial charge in [-0.1, -0.05) is 48.5 Å². The Balaban J connectivity index is 1.58. The van der Waals surface area contributed by atoms with Crippen LogP contribution in [0.15, 0.2) is 84.9 Å². The minimum absolute atomic E-state index is 0.0115. The van der Waals surface area contributed by atoms with E-state index in [1.165, 1.54) is 0 Å². The average Bonchev–Trinajstić information content (AvgIpc) is 3.10. The Morgan fingerprint density at radius 1 is 0.867 bits per heavy atom. The number of carbonyl (C=O) groups is 1. The molecule has 1 aliphatic heterocycles. The largest absolute Gasteiger partial charge is 0.356 e. The van der Waals surface area contributed by atoms with Crippen molar-refractivity contribution in [3.05, 3.63) is 90.5 Å². The fourth-order valence-electron chi connectivity index (χ4n) is 3.79. The van der Waals surface area contributed by atoms with E-state index >= 15 is 0 Å². The van der Waals surface area contributed by atoms with Gasteiger partial charge in [0.05, 0.1) is 24.0 Å². The SMILES string of the molecule is O=C(Cc1ccccc1)N(c1ccc(Nc2ccccc2)cc1)C1CCS(=O)(=O)C1. The third-order valence-electron chi connectivity index (χ3n) is 5.25. The number of carbonyl (C=O) groups excluding carboxylic acids is 1. The molecule has 4 rings (SSSR count). The van der Waals surface area contributed by atoms with Crippen molar-refractivity contribution in [2.24, 2.45) is 0 Å². The highest BCUT2D eigenvalue weighted by Gasteiger charge is 2.35. The molecule has 1 atom stereocenters. The lowest BCUT2D eigenvalue weighted by molar-refractivity contribution is -0.118. The second kappa shape index (κ2) is 8.71. The van der Waals surface area contributed by atoms with Crippen LogP contribution in [0.3, 0.4) is 0 Å². The Hall–Kier alpha value is -3.12. The van der Waals surface area contributed by atoms with Gasteiger partial charge in [0.1, 0.15) is 0 Å². The molecule has 30 heavy (non-hydrogen) atoms. The predicted molar refractivity (Wildman–Crippen MR) is 121 cm³/mol. The van der Waals surface area contributed by atoms with Crippen LogP contribution in [0.4, 0.5) is 17.1 Å². The van der Waals surface area contributed by atoms with Crippen LogP contribution in [0.2, 0.25) is 0 Å². The minimum atomic E-state index is -3.11. The maximum atomic E-state index is 13.2. The van der Waals surface area contributed by atoms with Crippen molar-refractivity contribution in [1.82, 2.24) is 0 Å². The highest BCUT2D eigenvalue weighted by molar-refractivity contribution is 7.91. The van der Waals surface area contributed by atoms with Gasteiger partial charge in [-0.2, -0.15) is 0 Å². The summed E-state index contributed by atoms with van der Waals surface area (Å²) in [6.45, 7) is 0. The molecule has 1 heterocycles. The molecule has 1 amide bonds. The van der Waals surface area contributed by atoms with Crippen LogP contribution in [0.1, 0.15) is 12.0 Å². The molecule has 1 fully saturated rings. The Labute approximate surface area is 177 Å². The van der Waals surface area contributed by atoms with Crippen molar-refractivity contribution in [1.29, 1.82) is 0 Å². The number of benzene rings is 3. The summed E-state index contributed by atoms with van der Waals surface area (Å²) >= 11 is 0. The monoisotopic (exact) mass is 420 g/mol. The van der Waals surface area contributed by atoms with Crippen molar-refractivity contribution in [2.45, 2.75) is 18.9 Å². The Morgan fingerprint density at radius 3 is 2.07 bits per heavy atom. The fraction of sp³-hybridized carbons (Fsp3) is 0.208. The summed E-state index contributed by atoms with van der Waals surface area (Å²) in [5, 5.41) is 3.32. The number of nitrogens with one attached hydrogen (secondary N) is 1. The molecule has 0 aliphatic carbocycles. The first kappa shape index (κ1) is 20.2. The molecule has 154 valence electrons. The Kier molecular flexibility index (Phi) is 5.86. The standard InChI is InChI=1S/C24H24N2O3S/c27-24(17-19-7-3-1-4-8-19)26(23-15-16-30(28,29)18-23)22-13-11-21(12-14-22)25-20-9-5-2-6-10-20/h1-14,23,25H,15-18H2. The normalized spacial score (nSPS) is 17.4. The molecule has 1 aliphatic rings. The molecule has 6 heteroatoms. The van der Waals surface area contributed by atoms with E-state index in [-0.39, 0.29) is 29.9 Å². The first-order valence-electron chi connectivity index (χ1n) is 9.99. The molecule has 1 N–H and O–H groups in total. The topological polar surface area (TPSA) is 66.5 Å². The molecule has 0 aromatic heterocycles. The molecule has 3 aromatic carbocycles. The summed E-state index contributed by atoms with van der Waals surface area (Å²) in [7, 11) is -3.11. The third kappa shape index (κ3) is 4.89. The van der Waals surface area contributed by atoms with Gasteiger partial charge in [-0.15, -0.1) is 0 Å². The van der Waals surface area contributed by atoms with E-state index in [9.17, 15) is 13.2 Å². The summed E-state index contributed by atoms with van der Waals surface area (Å²) in [5.41, 5.74) is 3.51. The lowest BCUT2D eigenvalue weighted by Crippen LogP contribution is -2.42. The number of nitrogens with zero attached hydrogens (tertiary/aromatic N) is 1. The summed E-state index contributed by atoms with van der Waals surface area (Å²) in [5.74, 6) is 0.0462. The lowest BCUT2D eigenvalue weighted by Gasteiger charge is -2.29. The van der Waals surface area contributed by atoms with Crippen LogP contribution in [-0.4, -0.2) is 31.9 Å². The van der Waals surface area contributed by atoms with E-state index in [1.54, 1.807) is 4.90 Å². The molecular weight excluding hydrogens is 396 g/mol. The summed E-state index contributed by atoms with van der Waals surface area (Å²) in [4.78, 5) is 14.9. The fourth-order valence-corrected chi connectivity index (χ4v) is 5.49. The Morgan fingerprint density at radius 2 is 1.47 bits per heavy atom. The van der Waals surface area contributed by atoms with E-state index in [4.69, 9.17) is 0 Å². The summed E-state index contributed by atoms with van der Waals surface area (Å²) in [6.07, 6.45) is 0.703. The number of para-hydroxylation sites is 1. The van der Waals surface area contributed by atoms with Crippen molar-refractivity contribution in [3.63, 3.8) is 0 Å². The first-order chi connectivity index (χ1) is 14.5. The van der Waals surface area contributed by atoms with Crippen LogP contribution in [0, 0.1) is 0 Å². The quantitative estimate of drug-likeness (QED) is 0.649. The van der Waals surface area contributed by atoms with Gasteiger partial charge in [0.15, 0.2) is 9.84 Å². The molecule has 0 bridgehead atoms. The van der Waals surface area contributed by atoms with Crippen molar-refractivity contribution >= 4 is 32.8 Å². The zero-order valence-corrected chi connectivity index (χ0v) is 17.4. The van der Waals surface area contributed by atoms with Gasteiger partial charge in [0.2, 0.25) is 5.91 Å². The number of hydrogen-bond donors (Lipinski definition) is 1. The van der Waals surface area contributed by atoms with Crippen LogP contribution in [-0.2, 0) is 21.1 Å². The smallest absolute Gasteiger partial charge is 0.231 e. The maximum absolute atomic E-state index is 13.2. The predicted octanol–water partition coefficient (Wildman–Crippen LogP) is 4.19. The Bertz CT molecular complexity index is 1100. The van der Waals surface area contributed by atoms with E-state index in [0.29, 0.717) is 6.42 Å². The molecule has 3 aromatic rings. The third-order valence-corrected chi connectivity index (χ3v) is 7.00. The zero-order valence-electron chi connectivity index (χ0n) is 16.6. The van der Waals surface area contributed by atoms with Gasteiger partial charge >= 0.3 is 0 Å². The van der Waals surface area contributed by atoms with Gasteiger partial charge in [0.25, 0.3) is 0 Å². The van der Waals surface area contributed by atoms with Crippen LogP contribution >= 0.6 is 0 Å². The second-order valence-corrected chi connectivity index (χ2v) is 9.75. The highest BCUT2D eigenvalue weighted by atomic mass is 32.2. The van der Waals surface area contributed by atoms with Crippen molar-refractivity contribution < 1.29 is 13.2 Å². The maximum Gasteiger partial charge on any atom is 0.231 e. The van der Waals surface area contributed by atoms with E-state index in [0.717, 1.165) is 22.6 Å². The molecular formula is C24H24N2O3S. The zero-order chi connectivity index (χ0) is 21.0. The van der Waals surface area contributed by atoms with Crippen molar-refractivity contribution in [3.8, 4) is 0 Å². The van der Waals surface area contributed by atoms with E-state index < -0.39 is 9.84 Å². The molecule has 0 radical (unpaired) electrons. The first-order valence-corrected chi connectivity index (χ1v) is 11.8. The van der Waals surface area contributed by atoms with Gasteiger partial charge in [-0.05, 0) is 48.4 Å². The summed E-state index contributed by atoms with van der Waals surface area (Å²) < 4.78 is 24.1.